The van der Waals surface area contributed by atoms with Crippen molar-refractivity contribution in [2.24, 2.45) is 0 Å². The summed E-state index contributed by atoms with van der Waals surface area (Å²) in [5.41, 5.74) is 0.433. The lowest BCUT2D eigenvalue weighted by atomic mass is 10.2. The molecule has 0 fully saturated rings. The van der Waals surface area contributed by atoms with Crippen molar-refractivity contribution < 1.29 is 17.9 Å². The molecule has 0 aliphatic rings. The molecule has 1 aromatic rings. The molecule has 0 aromatic heterocycles. The van der Waals surface area contributed by atoms with Crippen LogP contribution in [0.25, 0.3) is 0 Å². The van der Waals surface area contributed by atoms with Crippen LogP contribution in [0.3, 0.4) is 0 Å². The summed E-state index contributed by atoms with van der Waals surface area (Å²) >= 11 is 0. The summed E-state index contributed by atoms with van der Waals surface area (Å²) < 4.78 is 30.6. The number of carbonyl (C=O) groups is 1. The van der Waals surface area contributed by atoms with Gasteiger partial charge in [-0.05, 0) is 39.2 Å². The van der Waals surface area contributed by atoms with E-state index in [1.165, 1.54) is 11.4 Å². The van der Waals surface area contributed by atoms with Crippen LogP contribution in [0.1, 0.15) is 12.8 Å². The minimum atomic E-state index is -3.52. The van der Waals surface area contributed by atoms with Crippen LogP contribution in [0.4, 0.5) is 5.69 Å². The average Bonchev–Trinajstić information content (AvgIpc) is 2.50. The second-order valence-corrected chi connectivity index (χ2v) is 7.67. The molecule has 136 valence electrons. The molecular weight excluding hydrogens is 330 g/mol. The third kappa shape index (κ3) is 6.76. The van der Waals surface area contributed by atoms with E-state index in [0.717, 1.165) is 19.2 Å². The maximum absolute atomic E-state index is 12.1. The van der Waals surface area contributed by atoms with Crippen molar-refractivity contribution in [1.82, 2.24) is 10.2 Å². The molecule has 1 aromatic carbocycles. The Kier molecular flexibility index (Phi) is 8.00. The number of anilines is 1. The lowest BCUT2D eigenvalue weighted by molar-refractivity contribution is -0.120. The van der Waals surface area contributed by atoms with E-state index in [1.54, 1.807) is 24.3 Å². The summed E-state index contributed by atoms with van der Waals surface area (Å²) in [5, 5.41) is 2.81. The molecule has 0 spiro atoms. The van der Waals surface area contributed by atoms with E-state index in [9.17, 15) is 13.2 Å². The smallest absolute Gasteiger partial charge is 0.232 e. The van der Waals surface area contributed by atoms with Gasteiger partial charge >= 0.3 is 0 Å². The minimum absolute atomic E-state index is 0.0682. The molecule has 24 heavy (non-hydrogen) atoms. The molecule has 0 heterocycles. The fourth-order valence-electron chi connectivity index (χ4n) is 2.22. The Balaban J connectivity index is 2.67. The number of methoxy groups -OCH3 is 1. The number of sulfonamides is 1. The Labute approximate surface area is 144 Å². The maximum Gasteiger partial charge on any atom is 0.232 e. The fraction of sp³-hybridized carbons (Fsp3) is 0.562. The number of nitrogens with zero attached hydrogens (tertiary/aromatic N) is 2. The van der Waals surface area contributed by atoms with Gasteiger partial charge in [-0.15, -0.1) is 0 Å². The van der Waals surface area contributed by atoms with E-state index in [4.69, 9.17) is 4.74 Å². The summed E-state index contributed by atoms with van der Waals surface area (Å²) in [6.07, 6.45) is 2.06. The van der Waals surface area contributed by atoms with Gasteiger partial charge in [0.15, 0.2) is 0 Å². The number of nitrogens with one attached hydrogen (secondary N) is 1. The van der Waals surface area contributed by atoms with Gasteiger partial charge in [-0.3, -0.25) is 9.10 Å². The van der Waals surface area contributed by atoms with Crippen LogP contribution in [0, 0.1) is 0 Å². The first-order chi connectivity index (χ1) is 11.3. The predicted octanol–water partition coefficient (Wildman–Crippen LogP) is 0.919. The number of amides is 1. The van der Waals surface area contributed by atoms with E-state index in [0.29, 0.717) is 18.0 Å². The first-order valence-corrected chi connectivity index (χ1v) is 9.62. The highest BCUT2D eigenvalue weighted by Crippen LogP contribution is 2.29. The Hall–Kier alpha value is -1.80. The number of ether oxygens (including phenoxy) is 1. The number of hydrogen-bond donors (Lipinski definition) is 1. The summed E-state index contributed by atoms with van der Waals surface area (Å²) in [4.78, 5) is 14.0. The van der Waals surface area contributed by atoms with Gasteiger partial charge in [-0.25, -0.2) is 8.42 Å². The Morgan fingerprint density at radius 1 is 1.21 bits per heavy atom. The van der Waals surface area contributed by atoms with Crippen LogP contribution in [0.5, 0.6) is 5.75 Å². The highest BCUT2D eigenvalue weighted by atomic mass is 32.2. The van der Waals surface area contributed by atoms with Gasteiger partial charge in [0.2, 0.25) is 15.9 Å². The molecule has 0 aliphatic carbocycles. The zero-order valence-corrected chi connectivity index (χ0v) is 15.6. The third-order valence-corrected chi connectivity index (χ3v) is 4.58. The molecule has 0 bridgehead atoms. The van der Waals surface area contributed by atoms with E-state index in [1.807, 2.05) is 19.0 Å². The molecule has 0 aliphatic heterocycles. The van der Waals surface area contributed by atoms with Crippen LogP contribution in [0.15, 0.2) is 24.3 Å². The van der Waals surface area contributed by atoms with Crippen molar-refractivity contribution >= 4 is 21.6 Å². The molecule has 1 N–H and O–H groups in total. The maximum atomic E-state index is 12.1. The third-order valence-electron chi connectivity index (χ3n) is 3.40. The molecule has 0 atom stereocenters. The minimum Gasteiger partial charge on any atom is -0.495 e. The molecule has 0 radical (unpaired) electrons. The average molecular weight is 357 g/mol. The Bertz CT molecular complexity index is 632. The number of rotatable bonds is 10. The molecule has 0 saturated heterocycles. The van der Waals surface area contributed by atoms with Crippen LogP contribution in [-0.2, 0) is 14.8 Å². The quantitative estimate of drug-likeness (QED) is 0.630. The van der Waals surface area contributed by atoms with Gasteiger partial charge in [0.1, 0.15) is 5.75 Å². The van der Waals surface area contributed by atoms with Crippen LogP contribution in [0.2, 0.25) is 0 Å². The van der Waals surface area contributed by atoms with Gasteiger partial charge in [-0.1, -0.05) is 12.1 Å². The number of hydrogen-bond acceptors (Lipinski definition) is 5. The summed E-state index contributed by atoms with van der Waals surface area (Å²) in [6.45, 7) is 1.53. The largest absolute Gasteiger partial charge is 0.495 e. The second-order valence-electron chi connectivity index (χ2n) is 5.76. The first kappa shape index (κ1) is 20.2. The van der Waals surface area contributed by atoms with Crippen molar-refractivity contribution in [1.29, 1.82) is 0 Å². The standard InChI is InChI=1S/C16H27N3O4S/c1-18(2)12-7-11-17-16(20)10-13-19(24(4,21)22)14-8-5-6-9-15(14)23-3/h5-6,8-9H,7,10-13H2,1-4H3,(H,17,20). The van der Waals surface area contributed by atoms with Gasteiger partial charge in [0.25, 0.3) is 0 Å². The highest BCUT2D eigenvalue weighted by molar-refractivity contribution is 7.92. The number of para-hydroxylation sites is 2. The molecule has 0 unspecified atom stereocenters. The van der Waals surface area contributed by atoms with Crippen LogP contribution >= 0.6 is 0 Å². The molecule has 1 rings (SSSR count). The zero-order chi connectivity index (χ0) is 18.2. The molecule has 1 amide bonds. The Morgan fingerprint density at radius 2 is 1.88 bits per heavy atom. The second kappa shape index (κ2) is 9.48. The van der Waals surface area contributed by atoms with Gasteiger partial charge in [-0.2, -0.15) is 0 Å². The molecule has 7 nitrogen and oxygen atoms in total. The van der Waals surface area contributed by atoms with Crippen molar-refractivity contribution in [3.05, 3.63) is 24.3 Å². The van der Waals surface area contributed by atoms with Gasteiger partial charge < -0.3 is 15.0 Å². The van der Waals surface area contributed by atoms with Gasteiger partial charge in [0.05, 0.1) is 19.1 Å². The van der Waals surface area contributed by atoms with E-state index < -0.39 is 10.0 Å². The van der Waals surface area contributed by atoms with E-state index >= 15 is 0 Å². The molecule has 8 heteroatoms. The summed E-state index contributed by atoms with van der Waals surface area (Å²) in [5.74, 6) is 0.284. The van der Waals surface area contributed by atoms with E-state index in [-0.39, 0.29) is 18.9 Å². The van der Waals surface area contributed by atoms with Crippen molar-refractivity contribution in [2.75, 3.05) is 51.4 Å². The normalized spacial score (nSPS) is 11.4. The molecular formula is C16H27N3O4S. The van der Waals surface area contributed by atoms with Crippen molar-refractivity contribution in [3.8, 4) is 5.75 Å². The lowest BCUT2D eigenvalue weighted by Gasteiger charge is -2.24. The summed E-state index contributed by atoms with van der Waals surface area (Å²) in [6, 6.07) is 6.85. The number of carbonyl (C=O) groups excluding carboxylic acids is 1. The van der Waals surface area contributed by atoms with Crippen LogP contribution in [-0.4, -0.2) is 66.3 Å². The highest BCUT2D eigenvalue weighted by Gasteiger charge is 2.21. The van der Waals surface area contributed by atoms with Crippen molar-refractivity contribution in [3.63, 3.8) is 0 Å². The molecule has 0 saturated carbocycles. The fourth-order valence-corrected chi connectivity index (χ4v) is 3.15. The lowest BCUT2D eigenvalue weighted by Crippen LogP contribution is -2.35. The van der Waals surface area contributed by atoms with Crippen molar-refractivity contribution in [2.45, 2.75) is 12.8 Å². The Morgan fingerprint density at radius 3 is 2.46 bits per heavy atom. The first-order valence-electron chi connectivity index (χ1n) is 7.78. The number of benzene rings is 1. The summed E-state index contributed by atoms with van der Waals surface area (Å²) in [7, 11) is 1.91. The SMILES string of the molecule is COc1ccccc1N(CCC(=O)NCCCN(C)C)S(C)(=O)=O. The van der Waals surface area contributed by atoms with Gasteiger partial charge in [0, 0.05) is 19.5 Å². The predicted molar refractivity (Wildman–Crippen MR) is 96.0 cm³/mol. The van der Waals surface area contributed by atoms with Crippen LogP contribution < -0.4 is 14.4 Å². The monoisotopic (exact) mass is 357 g/mol. The zero-order valence-electron chi connectivity index (χ0n) is 14.8. The topological polar surface area (TPSA) is 79.0 Å². The van der Waals surface area contributed by atoms with E-state index in [2.05, 4.69) is 5.32 Å².